The van der Waals surface area contributed by atoms with E-state index >= 15 is 0 Å². The first-order chi connectivity index (χ1) is 8.63. The van der Waals surface area contributed by atoms with Gasteiger partial charge in [-0.25, -0.2) is 0 Å². The van der Waals surface area contributed by atoms with Crippen LogP contribution in [0.1, 0.15) is 17.9 Å². The smallest absolute Gasteiger partial charge is 0.307 e. The van der Waals surface area contributed by atoms with E-state index < -0.39 is 5.97 Å². The van der Waals surface area contributed by atoms with Gasteiger partial charge in [0.1, 0.15) is 0 Å². The maximum atomic E-state index is 10.9. The van der Waals surface area contributed by atoms with E-state index in [9.17, 15) is 4.79 Å². The van der Waals surface area contributed by atoms with Crippen LogP contribution in [-0.4, -0.2) is 32.4 Å². The lowest BCUT2D eigenvalue weighted by molar-refractivity contribution is -0.138. The summed E-state index contributed by atoms with van der Waals surface area (Å²) in [5.74, 6) is 0.552. The van der Waals surface area contributed by atoms with Crippen LogP contribution >= 0.6 is 0 Å². The predicted octanol–water partition coefficient (Wildman–Crippen LogP) is 1.90. The summed E-state index contributed by atoms with van der Waals surface area (Å²) in [6, 6.07) is 3.61. The number of carboxylic acid groups (broad SMARTS) is 1. The van der Waals surface area contributed by atoms with Gasteiger partial charge in [-0.3, -0.25) is 4.79 Å². The fraction of sp³-hybridized carbons (Fsp3) is 0.462. The number of hydrogen-bond acceptors (Lipinski definition) is 4. The Morgan fingerprint density at radius 1 is 1.17 bits per heavy atom. The second-order valence-electron chi connectivity index (χ2n) is 4.21. The van der Waals surface area contributed by atoms with Gasteiger partial charge in [-0.2, -0.15) is 0 Å². The molecule has 0 aliphatic heterocycles. The van der Waals surface area contributed by atoms with E-state index in [1.54, 1.807) is 20.3 Å². The zero-order chi connectivity index (χ0) is 13.3. The van der Waals surface area contributed by atoms with E-state index in [0.717, 1.165) is 5.56 Å². The van der Waals surface area contributed by atoms with Crippen LogP contribution in [0.4, 0.5) is 0 Å². The molecule has 18 heavy (non-hydrogen) atoms. The quantitative estimate of drug-likeness (QED) is 0.867. The van der Waals surface area contributed by atoms with Crippen LogP contribution in [0.2, 0.25) is 0 Å². The fourth-order valence-corrected chi connectivity index (χ4v) is 2.23. The molecule has 1 saturated carbocycles. The third kappa shape index (κ3) is 1.96. The number of aliphatic carboxylic acids is 1. The lowest BCUT2D eigenvalue weighted by Gasteiger charge is -2.15. The zero-order valence-corrected chi connectivity index (χ0v) is 10.6. The molecule has 1 fully saturated rings. The number of benzene rings is 1. The molecule has 0 saturated heterocycles. The Hall–Kier alpha value is -1.91. The third-order valence-electron chi connectivity index (χ3n) is 3.24. The van der Waals surface area contributed by atoms with E-state index in [-0.39, 0.29) is 11.8 Å². The van der Waals surface area contributed by atoms with E-state index in [0.29, 0.717) is 23.7 Å². The van der Waals surface area contributed by atoms with Crippen LogP contribution < -0.4 is 14.2 Å². The number of rotatable bonds is 5. The Bertz CT molecular complexity index is 469. The van der Waals surface area contributed by atoms with Crippen molar-refractivity contribution in [1.82, 2.24) is 0 Å². The average Bonchev–Trinajstić information content (AvgIpc) is 3.16. The van der Waals surface area contributed by atoms with Crippen molar-refractivity contribution in [2.45, 2.75) is 12.3 Å². The van der Waals surface area contributed by atoms with Gasteiger partial charge in [0.2, 0.25) is 5.75 Å². The summed E-state index contributed by atoms with van der Waals surface area (Å²) in [7, 11) is 4.62. The van der Waals surface area contributed by atoms with Crippen molar-refractivity contribution in [2.75, 3.05) is 21.3 Å². The summed E-state index contributed by atoms with van der Waals surface area (Å²) < 4.78 is 15.8. The van der Waals surface area contributed by atoms with Gasteiger partial charge >= 0.3 is 5.97 Å². The number of ether oxygens (including phenoxy) is 3. The average molecular weight is 252 g/mol. The van der Waals surface area contributed by atoms with Crippen LogP contribution in [-0.2, 0) is 4.79 Å². The minimum atomic E-state index is -0.767. The number of methoxy groups -OCH3 is 3. The van der Waals surface area contributed by atoms with Crippen molar-refractivity contribution in [3.8, 4) is 17.2 Å². The maximum Gasteiger partial charge on any atom is 0.307 e. The molecule has 1 N–H and O–H groups in total. The molecule has 0 heterocycles. The molecule has 0 amide bonds. The normalized spacial score (nSPS) is 21.3. The fourth-order valence-electron chi connectivity index (χ4n) is 2.23. The minimum Gasteiger partial charge on any atom is -0.493 e. The van der Waals surface area contributed by atoms with Crippen LogP contribution in [0, 0.1) is 5.92 Å². The standard InChI is InChI=1S/C13H16O5/c1-16-10-5-4-7(8-6-9(8)13(14)15)11(17-2)12(10)18-3/h4-5,8-9H,6H2,1-3H3,(H,14,15). The van der Waals surface area contributed by atoms with Gasteiger partial charge in [0, 0.05) is 11.5 Å². The summed E-state index contributed by atoms with van der Waals surface area (Å²) >= 11 is 0. The van der Waals surface area contributed by atoms with Gasteiger partial charge in [-0.05, 0) is 12.5 Å². The molecule has 5 nitrogen and oxygen atoms in total. The highest BCUT2D eigenvalue weighted by molar-refractivity contribution is 5.76. The first-order valence-electron chi connectivity index (χ1n) is 5.65. The molecule has 2 unspecified atom stereocenters. The summed E-state index contributed by atoms with van der Waals surface area (Å²) in [6.07, 6.45) is 0.640. The first-order valence-corrected chi connectivity index (χ1v) is 5.65. The van der Waals surface area contributed by atoms with Crippen molar-refractivity contribution in [2.24, 2.45) is 5.92 Å². The third-order valence-corrected chi connectivity index (χ3v) is 3.24. The van der Waals surface area contributed by atoms with Crippen LogP contribution in [0.15, 0.2) is 12.1 Å². The molecule has 0 aromatic heterocycles. The Balaban J connectivity index is 2.40. The SMILES string of the molecule is COc1ccc(C2CC2C(=O)O)c(OC)c1OC. The topological polar surface area (TPSA) is 65.0 Å². The van der Waals surface area contributed by atoms with Gasteiger partial charge in [0.15, 0.2) is 11.5 Å². The first kappa shape index (κ1) is 12.5. The second kappa shape index (κ2) is 4.76. The number of hydrogen-bond donors (Lipinski definition) is 1. The molecule has 2 atom stereocenters. The monoisotopic (exact) mass is 252 g/mol. The molecule has 0 spiro atoms. The molecule has 98 valence electrons. The van der Waals surface area contributed by atoms with Gasteiger partial charge in [-0.15, -0.1) is 0 Å². The molecule has 2 rings (SSSR count). The van der Waals surface area contributed by atoms with E-state index in [1.165, 1.54) is 7.11 Å². The van der Waals surface area contributed by atoms with Crippen molar-refractivity contribution in [3.63, 3.8) is 0 Å². The Morgan fingerprint density at radius 2 is 1.83 bits per heavy atom. The van der Waals surface area contributed by atoms with Gasteiger partial charge in [0.25, 0.3) is 0 Å². The summed E-state index contributed by atoms with van der Waals surface area (Å²) in [5.41, 5.74) is 0.863. The number of carboxylic acids is 1. The second-order valence-corrected chi connectivity index (χ2v) is 4.21. The Labute approximate surface area is 105 Å². The minimum absolute atomic E-state index is 0.00254. The largest absolute Gasteiger partial charge is 0.493 e. The molecule has 1 aliphatic rings. The van der Waals surface area contributed by atoms with E-state index in [4.69, 9.17) is 19.3 Å². The molecule has 5 heteroatoms. The molecule has 0 radical (unpaired) electrons. The number of carbonyl (C=O) groups is 1. The molecular formula is C13H16O5. The van der Waals surface area contributed by atoms with E-state index in [2.05, 4.69) is 0 Å². The van der Waals surface area contributed by atoms with Crippen molar-refractivity contribution < 1.29 is 24.1 Å². The maximum absolute atomic E-state index is 10.9. The highest BCUT2D eigenvalue weighted by Gasteiger charge is 2.46. The van der Waals surface area contributed by atoms with Gasteiger partial charge in [0.05, 0.1) is 27.2 Å². The highest BCUT2D eigenvalue weighted by atomic mass is 16.5. The van der Waals surface area contributed by atoms with Crippen LogP contribution in [0.25, 0.3) is 0 Å². The lowest BCUT2D eigenvalue weighted by atomic mass is 10.1. The Morgan fingerprint density at radius 3 is 2.28 bits per heavy atom. The van der Waals surface area contributed by atoms with Crippen molar-refractivity contribution >= 4 is 5.97 Å². The van der Waals surface area contributed by atoms with E-state index in [1.807, 2.05) is 6.07 Å². The molecular weight excluding hydrogens is 236 g/mol. The van der Waals surface area contributed by atoms with Gasteiger partial charge in [-0.1, -0.05) is 6.07 Å². The van der Waals surface area contributed by atoms with Crippen LogP contribution in [0.3, 0.4) is 0 Å². The summed E-state index contributed by atoms with van der Waals surface area (Å²) in [6.45, 7) is 0. The van der Waals surface area contributed by atoms with Crippen LogP contribution in [0.5, 0.6) is 17.2 Å². The zero-order valence-electron chi connectivity index (χ0n) is 10.6. The molecule has 1 aromatic carbocycles. The predicted molar refractivity (Wildman–Crippen MR) is 64.6 cm³/mol. The Kier molecular flexibility index (Phi) is 3.32. The molecule has 0 bridgehead atoms. The van der Waals surface area contributed by atoms with Crippen molar-refractivity contribution in [1.29, 1.82) is 0 Å². The molecule has 1 aliphatic carbocycles. The summed E-state index contributed by atoms with van der Waals surface area (Å²) in [4.78, 5) is 10.9. The molecule has 1 aromatic rings. The van der Waals surface area contributed by atoms with Crippen molar-refractivity contribution in [3.05, 3.63) is 17.7 Å². The lowest BCUT2D eigenvalue weighted by Crippen LogP contribution is -2.02. The van der Waals surface area contributed by atoms with Gasteiger partial charge < -0.3 is 19.3 Å². The highest BCUT2D eigenvalue weighted by Crippen LogP contribution is 2.54. The summed E-state index contributed by atoms with van der Waals surface area (Å²) in [5, 5.41) is 8.98.